The summed E-state index contributed by atoms with van der Waals surface area (Å²) in [5.74, 6) is 0.649. The minimum Gasteiger partial charge on any atom is -0.492 e. The lowest BCUT2D eigenvalue weighted by atomic mass is 10.3. The summed E-state index contributed by atoms with van der Waals surface area (Å²) >= 11 is 1.48. The van der Waals surface area contributed by atoms with Crippen LogP contribution < -0.4 is 15.8 Å². The van der Waals surface area contributed by atoms with E-state index in [4.69, 9.17) is 10.5 Å². The number of hydrogen-bond donors (Lipinski definition) is 2. The molecule has 1 aromatic heterocycles. The largest absolute Gasteiger partial charge is 0.492 e. The first-order valence-corrected chi connectivity index (χ1v) is 6.80. The fourth-order valence-electron chi connectivity index (χ4n) is 1.58. The maximum absolute atomic E-state index is 11.7. The van der Waals surface area contributed by atoms with Crippen LogP contribution in [0.5, 0.6) is 5.75 Å². The van der Waals surface area contributed by atoms with E-state index < -0.39 is 0 Å². The molecule has 0 saturated carbocycles. The maximum Gasteiger partial charge on any atom is 0.261 e. The SMILES string of the molecule is Cc1ccc(C(=O)NCCOc2cccc(N)c2)s1. The number of nitrogens with two attached hydrogens (primary N) is 1. The van der Waals surface area contributed by atoms with Gasteiger partial charge in [-0.15, -0.1) is 11.3 Å². The lowest BCUT2D eigenvalue weighted by molar-refractivity contribution is 0.0951. The molecule has 1 amide bonds. The molecule has 0 unspecified atom stereocenters. The smallest absolute Gasteiger partial charge is 0.261 e. The molecule has 0 saturated heterocycles. The van der Waals surface area contributed by atoms with Gasteiger partial charge in [0, 0.05) is 16.6 Å². The van der Waals surface area contributed by atoms with Crippen LogP contribution in [-0.4, -0.2) is 19.1 Å². The van der Waals surface area contributed by atoms with Crippen LogP contribution in [0.2, 0.25) is 0 Å². The summed E-state index contributed by atoms with van der Waals surface area (Å²) in [6.07, 6.45) is 0. The van der Waals surface area contributed by atoms with E-state index >= 15 is 0 Å². The van der Waals surface area contributed by atoms with Crippen molar-refractivity contribution in [2.45, 2.75) is 6.92 Å². The lowest BCUT2D eigenvalue weighted by Crippen LogP contribution is -2.27. The highest BCUT2D eigenvalue weighted by Gasteiger charge is 2.06. The van der Waals surface area contributed by atoms with E-state index in [9.17, 15) is 4.79 Å². The van der Waals surface area contributed by atoms with E-state index in [0.29, 0.717) is 24.6 Å². The molecule has 0 atom stereocenters. The third-order valence-corrected chi connectivity index (χ3v) is 3.48. The number of amides is 1. The summed E-state index contributed by atoms with van der Waals surface area (Å²) in [5.41, 5.74) is 6.30. The summed E-state index contributed by atoms with van der Waals surface area (Å²) in [6.45, 7) is 2.86. The Morgan fingerprint density at radius 1 is 1.37 bits per heavy atom. The highest BCUT2D eigenvalue weighted by atomic mass is 32.1. The Labute approximate surface area is 116 Å². The summed E-state index contributed by atoms with van der Waals surface area (Å²) in [4.78, 5) is 13.6. The van der Waals surface area contributed by atoms with Gasteiger partial charge in [-0.1, -0.05) is 6.07 Å². The van der Waals surface area contributed by atoms with Crippen LogP contribution in [-0.2, 0) is 0 Å². The van der Waals surface area contributed by atoms with Crippen LogP contribution in [0.3, 0.4) is 0 Å². The van der Waals surface area contributed by atoms with Crippen molar-refractivity contribution in [3.8, 4) is 5.75 Å². The quantitative estimate of drug-likeness (QED) is 0.651. The molecule has 5 heteroatoms. The fourth-order valence-corrected chi connectivity index (χ4v) is 2.37. The second kappa shape index (κ2) is 6.24. The van der Waals surface area contributed by atoms with E-state index in [1.165, 1.54) is 11.3 Å². The molecule has 0 radical (unpaired) electrons. The minimum atomic E-state index is -0.0609. The maximum atomic E-state index is 11.7. The zero-order chi connectivity index (χ0) is 13.7. The van der Waals surface area contributed by atoms with E-state index in [1.54, 1.807) is 12.1 Å². The summed E-state index contributed by atoms with van der Waals surface area (Å²) in [6, 6.07) is 11.0. The number of anilines is 1. The van der Waals surface area contributed by atoms with E-state index in [2.05, 4.69) is 5.32 Å². The molecule has 1 aromatic carbocycles. The molecule has 0 fully saturated rings. The molecule has 19 heavy (non-hydrogen) atoms. The molecular formula is C14H16N2O2S. The number of carbonyl (C=O) groups is 1. The van der Waals surface area contributed by atoms with Gasteiger partial charge in [0.1, 0.15) is 12.4 Å². The Balaban J connectivity index is 1.74. The molecule has 1 heterocycles. The average molecular weight is 276 g/mol. The number of nitrogen functional groups attached to an aromatic ring is 1. The van der Waals surface area contributed by atoms with Crippen molar-refractivity contribution in [2.24, 2.45) is 0 Å². The third kappa shape index (κ3) is 3.99. The Morgan fingerprint density at radius 3 is 2.89 bits per heavy atom. The van der Waals surface area contributed by atoms with Crippen LogP contribution in [0.4, 0.5) is 5.69 Å². The van der Waals surface area contributed by atoms with Gasteiger partial charge < -0.3 is 15.8 Å². The summed E-state index contributed by atoms with van der Waals surface area (Å²) in [7, 11) is 0. The van der Waals surface area contributed by atoms with Gasteiger partial charge in [0.2, 0.25) is 0 Å². The normalized spacial score (nSPS) is 10.2. The molecule has 2 aromatic rings. The fraction of sp³-hybridized carbons (Fsp3) is 0.214. The second-order valence-electron chi connectivity index (χ2n) is 4.09. The highest BCUT2D eigenvalue weighted by Crippen LogP contribution is 2.15. The van der Waals surface area contributed by atoms with Gasteiger partial charge >= 0.3 is 0 Å². The van der Waals surface area contributed by atoms with Gasteiger partial charge in [-0.25, -0.2) is 0 Å². The second-order valence-corrected chi connectivity index (χ2v) is 5.38. The van der Waals surface area contributed by atoms with Crippen molar-refractivity contribution in [1.82, 2.24) is 5.32 Å². The van der Waals surface area contributed by atoms with Crippen LogP contribution >= 0.6 is 11.3 Å². The molecule has 0 spiro atoms. The standard InChI is InChI=1S/C14H16N2O2S/c1-10-5-6-13(19-10)14(17)16-7-8-18-12-4-2-3-11(15)9-12/h2-6,9H,7-8,15H2,1H3,(H,16,17). The molecule has 3 N–H and O–H groups in total. The minimum absolute atomic E-state index is 0.0609. The number of carbonyl (C=O) groups excluding carboxylic acids is 1. The highest BCUT2D eigenvalue weighted by molar-refractivity contribution is 7.13. The lowest BCUT2D eigenvalue weighted by Gasteiger charge is -2.07. The molecule has 0 aliphatic rings. The third-order valence-electron chi connectivity index (χ3n) is 2.48. The number of ether oxygens (including phenoxy) is 1. The zero-order valence-corrected chi connectivity index (χ0v) is 11.5. The number of nitrogens with one attached hydrogen (secondary N) is 1. The van der Waals surface area contributed by atoms with Gasteiger partial charge in [-0.2, -0.15) is 0 Å². The Bertz CT molecular complexity index is 566. The predicted octanol–water partition coefficient (Wildman–Crippen LogP) is 2.45. The first-order valence-electron chi connectivity index (χ1n) is 5.98. The molecule has 0 aliphatic carbocycles. The van der Waals surface area contributed by atoms with Gasteiger partial charge in [-0.05, 0) is 31.2 Å². The topological polar surface area (TPSA) is 64.3 Å². The van der Waals surface area contributed by atoms with Crippen molar-refractivity contribution in [1.29, 1.82) is 0 Å². The number of benzene rings is 1. The Kier molecular flexibility index (Phi) is 4.41. The Morgan fingerprint density at radius 2 is 2.21 bits per heavy atom. The summed E-state index contributed by atoms with van der Waals surface area (Å²) in [5, 5.41) is 2.81. The first-order chi connectivity index (χ1) is 9.15. The van der Waals surface area contributed by atoms with Gasteiger partial charge in [0.25, 0.3) is 5.91 Å². The van der Waals surface area contributed by atoms with Gasteiger partial charge in [-0.3, -0.25) is 4.79 Å². The monoisotopic (exact) mass is 276 g/mol. The Hall–Kier alpha value is -2.01. The van der Waals surface area contributed by atoms with E-state index in [1.807, 2.05) is 31.2 Å². The van der Waals surface area contributed by atoms with Crippen molar-refractivity contribution < 1.29 is 9.53 Å². The zero-order valence-electron chi connectivity index (χ0n) is 10.7. The number of hydrogen-bond acceptors (Lipinski definition) is 4. The van der Waals surface area contributed by atoms with Gasteiger partial charge in [0.05, 0.1) is 11.4 Å². The van der Waals surface area contributed by atoms with E-state index in [0.717, 1.165) is 9.75 Å². The molecule has 2 rings (SSSR count). The first kappa shape index (κ1) is 13.4. The van der Waals surface area contributed by atoms with Gasteiger partial charge in [0.15, 0.2) is 0 Å². The number of aryl methyl sites for hydroxylation is 1. The van der Waals surface area contributed by atoms with Crippen LogP contribution in [0, 0.1) is 6.92 Å². The van der Waals surface area contributed by atoms with E-state index in [-0.39, 0.29) is 5.91 Å². The molecule has 100 valence electrons. The molecule has 0 aliphatic heterocycles. The van der Waals surface area contributed by atoms with Crippen LogP contribution in [0.1, 0.15) is 14.5 Å². The van der Waals surface area contributed by atoms with Crippen molar-refractivity contribution in [2.75, 3.05) is 18.9 Å². The van der Waals surface area contributed by atoms with Crippen LogP contribution in [0.15, 0.2) is 36.4 Å². The van der Waals surface area contributed by atoms with Crippen molar-refractivity contribution >= 4 is 22.9 Å². The molecule has 0 bridgehead atoms. The van der Waals surface area contributed by atoms with Crippen molar-refractivity contribution in [3.63, 3.8) is 0 Å². The van der Waals surface area contributed by atoms with Crippen molar-refractivity contribution in [3.05, 3.63) is 46.2 Å². The van der Waals surface area contributed by atoms with Crippen LogP contribution in [0.25, 0.3) is 0 Å². The molecule has 4 nitrogen and oxygen atoms in total. The molecular weight excluding hydrogens is 260 g/mol. The summed E-state index contributed by atoms with van der Waals surface area (Å²) < 4.78 is 5.49. The number of thiophene rings is 1. The average Bonchev–Trinajstić information content (AvgIpc) is 2.81. The predicted molar refractivity (Wildman–Crippen MR) is 77.7 cm³/mol. The number of rotatable bonds is 5.